The number of aromatic amines is 2. The van der Waals surface area contributed by atoms with E-state index in [1.54, 1.807) is 6.07 Å². The number of rotatable bonds is 2. The number of benzene rings is 2. The van der Waals surface area contributed by atoms with Crippen molar-refractivity contribution in [1.82, 2.24) is 15.0 Å². The normalized spacial score (nSPS) is 11.4. The highest BCUT2D eigenvalue weighted by Crippen LogP contribution is 2.23. The van der Waals surface area contributed by atoms with Crippen LogP contribution in [-0.2, 0) is 0 Å². The lowest BCUT2D eigenvalue weighted by atomic mass is 10.1. The van der Waals surface area contributed by atoms with Crippen LogP contribution >= 0.6 is 0 Å². The first-order valence-electron chi connectivity index (χ1n) is 6.59. The number of carbonyl (C=O) groups excluding carboxylic acids is 1. The lowest BCUT2D eigenvalue weighted by Gasteiger charge is -1.96. The van der Waals surface area contributed by atoms with E-state index in [1.807, 2.05) is 0 Å². The van der Waals surface area contributed by atoms with Gasteiger partial charge < -0.3 is 9.97 Å². The van der Waals surface area contributed by atoms with Crippen LogP contribution in [0.2, 0.25) is 0 Å². The number of nitrogens with one attached hydrogen (secondary N) is 2. The quantitative estimate of drug-likeness (QED) is 0.556. The van der Waals surface area contributed by atoms with Crippen molar-refractivity contribution in [3.8, 4) is 0 Å². The standard InChI is InChI=1S/C16H9F2N3O/c17-8-4-5-12-13(6-8)21-16(20-12)15(22)10-7-19-14-9(10)2-1-3-11(14)18/h1-7,19H,(H,20,21). The lowest BCUT2D eigenvalue weighted by molar-refractivity contribution is 0.103. The highest BCUT2D eigenvalue weighted by Gasteiger charge is 2.19. The summed E-state index contributed by atoms with van der Waals surface area (Å²) < 4.78 is 26.9. The van der Waals surface area contributed by atoms with Gasteiger partial charge in [-0.1, -0.05) is 12.1 Å². The zero-order valence-corrected chi connectivity index (χ0v) is 11.2. The van der Waals surface area contributed by atoms with Crippen molar-refractivity contribution in [1.29, 1.82) is 0 Å². The third-order valence-electron chi connectivity index (χ3n) is 3.57. The van der Waals surface area contributed by atoms with Crippen LogP contribution in [0.15, 0.2) is 42.6 Å². The van der Waals surface area contributed by atoms with Gasteiger partial charge in [-0.25, -0.2) is 13.8 Å². The zero-order valence-electron chi connectivity index (χ0n) is 11.2. The van der Waals surface area contributed by atoms with Gasteiger partial charge in [0.05, 0.1) is 22.1 Å². The van der Waals surface area contributed by atoms with E-state index in [9.17, 15) is 13.6 Å². The fourth-order valence-electron chi connectivity index (χ4n) is 2.52. The summed E-state index contributed by atoms with van der Waals surface area (Å²) in [6.45, 7) is 0. The summed E-state index contributed by atoms with van der Waals surface area (Å²) in [7, 11) is 0. The van der Waals surface area contributed by atoms with Crippen LogP contribution in [0.3, 0.4) is 0 Å². The first kappa shape index (κ1) is 12.7. The van der Waals surface area contributed by atoms with Gasteiger partial charge in [0.1, 0.15) is 11.6 Å². The summed E-state index contributed by atoms with van der Waals surface area (Å²) in [5, 5.41) is 0.483. The number of ketones is 1. The van der Waals surface area contributed by atoms with Crippen LogP contribution in [-0.4, -0.2) is 20.7 Å². The molecule has 4 aromatic rings. The fourth-order valence-corrected chi connectivity index (χ4v) is 2.52. The zero-order chi connectivity index (χ0) is 15.3. The van der Waals surface area contributed by atoms with Crippen molar-refractivity contribution < 1.29 is 13.6 Å². The molecule has 0 unspecified atom stereocenters. The maximum absolute atomic E-state index is 13.7. The van der Waals surface area contributed by atoms with Gasteiger partial charge >= 0.3 is 0 Å². The number of halogens is 2. The summed E-state index contributed by atoms with van der Waals surface area (Å²) in [6, 6.07) is 8.55. The van der Waals surface area contributed by atoms with Gasteiger partial charge in [-0.2, -0.15) is 0 Å². The van der Waals surface area contributed by atoms with Crippen LogP contribution in [0, 0.1) is 11.6 Å². The molecule has 0 saturated carbocycles. The lowest BCUT2D eigenvalue weighted by Crippen LogP contribution is -2.02. The third-order valence-corrected chi connectivity index (χ3v) is 3.57. The number of H-pyrrole nitrogens is 2. The minimum absolute atomic E-state index is 0.0887. The molecule has 0 aliphatic carbocycles. The largest absolute Gasteiger partial charge is 0.358 e. The van der Waals surface area contributed by atoms with E-state index < -0.39 is 11.6 Å². The molecule has 4 rings (SSSR count). The smallest absolute Gasteiger partial charge is 0.230 e. The van der Waals surface area contributed by atoms with Crippen LogP contribution in [0.4, 0.5) is 8.78 Å². The van der Waals surface area contributed by atoms with Gasteiger partial charge in [0, 0.05) is 11.6 Å². The monoisotopic (exact) mass is 297 g/mol. The third kappa shape index (κ3) is 1.81. The highest BCUT2D eigenvalue weighted by atomic mass is 19.1. The molecular formula is C16H9F2N3O. The fraction of sp³-hybridized carbons (Fsp3) is 0. The maximum Gasteiger partial charge on any atom is 0.230 e. The van der Waals surface area contributed by atoms with Crippen molar-refractivity contribution in [3.05, 3.63) is 65.6 Å². The number of fused-ring (bicyclic) bond motifs is 2. The van der Waals surface area contributed by atoms with Crippen molar-refractivity contribution in [2.45, 2.75) is 0 Å². The van der Waals surface area contributed by atoms with Gasteiger partial charge in [-0.15, -0.1) is 0 Å². The number of para-hydroxylation sites is 1. The molecule has 0 atom stereocenters. The van der Waals surface area contributed by atoms with Crippen LogP contribution < -0.4 is 0 Å². The molecule has 0 aliphatic rings. The van der Waals surface area contributed by atoms with Crippen LogP contribution in [0.5, 0.6) is 0 Å². The molecule has 108 valence electrons. The van der Waals surface area contributed by atoms with E-state index in [-0.39, 0.29) is 17.1 Å². The molecule has 2 aromatic heterocycles. The predicted molar refractivity (Wildman–Crippen MR) is 77.7 cm³/mol. The molecule has 2 heterocycles. The summed E-state index contributed by atoms with van der Waals surface area (Å²) >= 11 is 0. The SMILES string of the molecule is O=C(c1nc2ccc(F)cc2[nH]1)c1c[nH]c2c(F)cccc12. The Balaban J connectivity index is 1.86. The molecule has 0 saturated heterocycles. The van der Waals surface area contributed by atoms with Crippen LogP contribution in [0.1, 0.15) is 16.2 Å². The number of hydrogen-bond acceptors (Lipinski definition) is 2. The van der Waals surface area contributed by atoms with Crippen molar-refractivity contribution >= 4 is 27.7 Å². The molecule has 2 N–H and O–H groups in total. The number of carbonyl (C=O) groups is 1. The average molecular weight is 297 g/mol. The van der Waals surface area contributed by atoms with Crippen LogP contribution in [0.25, 0.3) is 21.9 Å². The molecular weight excluding hydrogens is 288 g/mol. The number of nitrogens with zero attached hydrogens (tertiary/aromatic N) is 1. The van der Waals surface area contributed by atoms with Gasteiger partial charge in [0.25, 0.3) is 0 Å². The molecule has 6 heteroatoms. The summed E-state index contributed by atoms with van der Waals surface area (Å²) in [4.78, 5) is 22.3. The van der Waals surface area contributed by atoms with E-state index in [2.05, 4.69) is 15.0 Å². The minimum atomic E-state index is -0.428. The van der Waals surface area contributed by atoms with Crippen molar-refractivity contribution in [3.63, 3.8) is 0 Å². The Hall–Kier alpha value is -3.02. The minimum Gasteiger partial charge on any atom is -0.358 e. The van der Waals surface area contributed by atoms with Gasteiger partial charge in [0.15, 0.2) is 5.82 Å². The second-order valence-corrected chi connectivity index (χ2v) is 4.94. The Morgan fingerprint density at radius 3 is 2.86 bits per heavy atom. The molecule has 22 heavy (non-hydrogen) atoms. The Morgan fingerprint density at radius 1 is 1.14 bits per heavy atom. The summed E-state index contributed by atoms with van der Waals surface area (Å²) in [6.07, 6.45) is 1.45. The molecule has 0 aliphatic heterocycles. The molecule has 0 spiro atoms. The van der Waals surface area contributed by atoms with Gasteiger partial charge in [-0.05, 0) is 24.3 Å². The van der Waals surface area contributed by atoms with E-state index in [0.717, 1.165) is 0 Å². The van der Waals surface area contributed by atoms with Gasteiger partial charge in [-0.3, -0.25) is 4.79 Å². The number of hydrogen-bond donors (Lipinski definition) is 2. The number of aromatic nitrogens is 3. The molecule has 4 nitrogen and oxygen atoms in total. The molecule has 0 radical (unpaired) electrons. The predicted octanol–water partition coefficient (Wildman–Crippen LogP) is 3.55. The molecule has 2 aromatic carbocycles. The van der Waals surface area contributed by atoms with E-state index in [4.69, 9.17) is 0 Å². The molecule has 0 bridgehead atoms. The Labute approximate surface area is 122 Å². The molecule has 0 fully saturated rings. The number of imidazole rings is 1. The first-order chi connectivity index (χ1) is 10.6. The average Bonchev–Trinajstić information content (AvgIpc) is 3.10. The topological polar surface area (TPSA) is 61.5 Å². The Kier molecular flexibility index (Phi) is 2.59. The molecule has 0 amide bonds. The van der Waals surface area contributed by atoms with Gasteiger partial charge in [0.2, 0.25) is 5.78 Å². The summed E-state index contributed by atoms with van der Waals surface area (Å²) in [5.41, 5.74) is 1.52. The van der Waals surface area contributed by atoms with Crippen molar-refractivity contribution in [2.75, 3.05) is 0 Å². The second-order valence-electron chi connectivity index (χ2n) is 4.94. The highest BCUT2D eigenvalue weighted by molar-refractivity contribution is 6.15. The van der Waals surface area contributed by atoms with Crippen molar-refractivity contribution in [2.24, 2.45) is 0 Å². The van der Waals surface area contributed by atoms with E-state index in [1.165, 1.54) is 36.5 Å². The van der Waals surface area contributed by atoms with E-state index in [0.29, 0.717) is 22.0 Å². The van der Waals surface area contributed by atoms with E-state index >= 15 is 0 Å². The Bertz CT molecular complexity index is 1030. The second kappa shape index (κ2) is 4.49. The Morgan fingerprint density at radius 2 is 2.00 bits per heavy atom. The first-order valence-corrected chi connectivity index (χ1v) is 6.59. The maximum atomic E-state index is 13.7. The summed E-state index contributed by atoms with van der Waals surface area (Å²) in [5.74, 6) is -1.13.